The third-order valence-electron chi connectivity index (χ3n) is 3.50. The lowest BCUT2D eigenvalue weighted by molar-refractivity contribution is 0.584. The summed E-state index contributed by atoms with van der Waals surface area (Å²) in [6.07, 6.45) is 5.16. The molecule has 0 spiro atoms. The van der Waals surface area contributed by atoms with Gasteiger partial charge in [-0.2, -0.15) is 11.8 Å². The van der Waals surface area contributed by atoms with E-state index in [2.05, 4.69) is 4.72 Å². The first-order valence-electron chi connectivity index (χ1n) is 6.86. The molecule has 1 fully saturated rings. The van der Waals surface area contributed by atoms with E-state index in [0.29, 0.717) is 16.8 Å². The molecule has 2 rings (SSSR count). The SMILES string of the molecule is Cc1ccc(S(=O)(=O)NCCSC2CCCC2)cc1Cl. The van der Waals surface area contributed by atoms with E-state index in [0.717, 1.165) is 11.3 Å². The second-order valence-corrected chi connectivity index (χ2v) is 8.67. The summed E-state index contributed by atoms with van der Waals surface area (Å²) in [5.74, 6) is 0.823. The van der Waals surface area contributed by atoms with Crippen molar-refractivity contribution in [3.63, 3.8) is 0 Å². The molecule has 1 aromatic carbocycles. The molecule has 112 valence electrons. The van der Waals surface area contributed by atoms with Crippen molar-refractivity contribution in [2.75, 3.05) is 12.3 Å². The molecule has 6 heteroatoms. The first kappa shape index (κ1) is 16.1. The zero-order chi connectivity index (χ0) is 14.6. The van der Waals surface area contributed by atoms with Gasteiger partial charge in [0, 0.05) is 22.6 Å². The van der Waals surface area contributed by atoms with Crippen LogP contribution in [0, 0.1) is 6.92 Å². The van der Waals surface area contributed by atoms with Crippen LogP contribution < -0.4 is 4.72 Å². The molecule has 0 saturated heterocycles. The number of sulfonamides is 1. The summed E-state index contributed by atoms with van der Waals surface area (Å²) in [6, 6.07) is 4.82. The third kappa shape index (κ3) is 4.38. The van der Waals surface area contributed by atoms with Crippen molar-refractivity contribution in [2.45, 2.75) is 42.8 Å². The lowest BCUT2D eigenvalue weighted by Gasteiger charge is -2.10. The van der Waals surface area contributed by atoms with Crippen LogP contribution in [0.5, 0.6) is 0 Å². The molecule has 0 aliphatic heterocycles. The maximum absolute atomic E-state index is 12.1. The van der Waals surface area contributed by atoms with E-state index in [-0.39, 0.29) is 4.90 Å². The third-order valence-corrected chi connectivity index (χ3v) is 6.75. The fraction of sp³-hybridized carbons (Fsp3) is 0.571. The maximum Gasteiger partial charge on any atom is 0.240 e. The van der Waals surface area contributed by atoms with Crippen LogP contribution in [0.3, 0.4) is 0 Å². The highest BCUT2D eigenvalue weighted by atomic mass is 35.5. The smallest absolute Gasteiger partial charge is 0.210 e. The fourth-order valence-corrected chi connectivity index (χ4v) is 4.93. The van der Waals surface area contributed by atoms with Gasteiger partial charge in [0.1, 0.15) is 0 Å². The Hall–Kier alpha value is -0.230. The second-order valence-electron chi connectivity index (χ2n) is 5.09. The summed E-state index contributed by atoms with van der Waals surface area (Å²) in [5, 5.41) is 1.20. The van der Waals surface area contributed by atoms with Gasteiger partial charge in [0.05, 0.1) is 4.90 Å². The minimum Gasteiger partial charge on any atom is -0.210 e. The Morgan fingerprint density at radius 3 is 2.70 bits per heavy atom. The fourth-order valence-electron chi connectivity index (χ4n) is 2.28. The van der Waals surface area contributed by atoms with Crippen LogP contribution in [-0.2, 0) is 10.0 Å². The molecule has 20 heavy (non-hydrogen) atoms. The first-order chi connectivity index (χ1) is 9.49. The largest absolute Gasteiger partial charge is 0.240 e. The predicted octanol–water partition coefficient (Wildman–Crippen LogP) is 3.60. The molecule has 0 unspecified atom stereocenters. The van der Waals surface area contributed by atoms with Gasteiger partial charge in [-0.05, 0) is 37.5 Å². The standard InChI is InChI=1S/C14H20ClNO2S2/c1-11-6-7-13(10-14(11)15)20(17,18)16-8-9-19-12-4-2-3-5-12/h6-7,10,12,16H,2-5,8-9H2,1H3. The van der Waals surface area contributed by atoms with Crippen molar-refractivity contribution in [2.24, 2.45) is 0 Å². The zero-order valence-electron chi connectivity index (χ0n) is 11.6. The van der Waals surface area contributed by atoms with Gasteiger partial charge in [-0.15, -0.1) is 0 Å². The van der Waals surface area contributed by atoms with Gasteiger partial charge in [0.15, 0.2) is 0 Å². The highest BCUT2D eigenvalue weighted by molar-refractivity contribution is 8.00. The van der Waals surface area contributed by atoms with Gasteiger partial charge < -0.3 is 0 Å². The molecule has 1 aliphatic carbocycles. The number of rotatable bonds is 6. The molecular formula is C14H20ClNO2S2. The Bertz CT molecular complexity index is 554. The van der Waals surface area contributed by atoms with Gasteiger partial charge >= 0.3 is 0 Å². The van der Waals surface area contributed by atoms with Crippen LogP contribution in [0.2, 0.25) is 5.02 Å². The van der Waals surface area contributed by atoms with Crippen molar-refractivity contribution < 1.29 is 8.42 Å². The lowest BCUT2D eigenvalue weighted by atomic mass is 10.2. The van der Waals surface area contributed by atoms with E-state index in [1.165, 1.54) is 31.7 Å². The van der Waals surface area contributed by atoms with Crippen LogP contribution in [0.1, 0.15) is 31.2 Å². The summed E-state index contributed by atoms with van der Waals surface area (Å²) in [4.78, 5) is 0.235. The first-order valence-corrected chi connectivity index (χ1v) is 9.77. The molecule has 0 aromatic heterocycles. The Kier molecular flexibility index (Phi) is 5.78. The molecule has 1 saturated carbocycles. The van der Waals surface area contributed by atoms with Gasteiger partial charge in [-0.3, -0.25) is 0 Å². The van der Waals surface area contributed by atoms with E-state index in [9.17, 15) is 8.42 Å². The van der Waals surface area contributed by atoms with Gasteiger partial charge in [-0.1, -0.05) is 30.5 Å². The molecule has 1 N–H and O–H groups in total. The Morgan fingerprint density at radius 1 is 1.35 bits per heavy atom. The minimum absolute atomic E-state index is 0.235. The highest BCUT2D eigenvalue weighted by Crippen LogP contribution is 2.29. The van der Waals surface area contributed by atoms with Gasteiger partial charge in [0.25, 0.3) is 0 Å². The normalized spacial score (nSPS) is 16.7. The number of aryl methyl sites for hydroxylation is 1. The van der Waals surface area contributed by atoms with Crippen molar-refractivity contribution in [1.29, 1.82) is 0 Å². The molecule has 3 nitrogen and oxygen atoms in total. The summed E-state index contributed by atoms with van der Waals surface area (Å²) in [6.45, 7) is 2.32. The molecule has 0 heterocycles. The van der Waals surface area contributed by atoms with Crippen LogP contribution in [-0.4, -0.2) is 26.0 Å². The quantitative estimate of drug-likeness (QED) is 0.809. The van der Waals surface area contributed by atoms with Crippen molar-refractivity contribution in [3.8, 4) is 0 Å². The van der Waals surface area contributed by atoms with Crippen molar-refractivity contribution in [1.82, 2.24) is 4.72 Å². The van der Waals surface area contributed by atoms with E-state index in [1.54, 1.807) is 12.1 Å². The number of halogens is 1. The molecular weight excluding hydrogens is 314 g/mol. The average molecular weight is 334 g/mol. The number of nitrogens with one attached hydrogen (secondary N) is 1. The molecule has 0 radical (unpaired) electrons. The monoisotopic (exact) mass is 333 g/mol. The van der Waals surface area contributed by atoms with Crippen LogP contribution in [0.15, 0.2) is 23.1 Å². The molecule has 0 amide bonds. The summed E-state index contributed by atoms with van der Waals surface area (Å²) < 4.78 is 26.9. The highest BCUT2D eigenvalue weighted by Gasteiger charge is 2.17. The number of hydrogen-bond donors (Lipinski definition) is 1. The summed E-state index contributed by atoms with van der Waals surface area (Å²) in [5.41, 5.74) is 0.877. The minimum atomic E-state index is -3.44. The Balaban J connectivity index is 1.85. The van der Waals surface area contributed by atoms with Crippen molar-refractivity contribution in [3.05, 3.63) is 28.8 Å². The molecule has 1 aromatic rings. The van der Waals surface area contributed by atoms with Gasteiger partial charge in [-0.25, -0.2) is 13.1 Å². The average Bonchev–Trinajstić information content (AvgIpc) is 2.91. The van der Waals surface area contributed by atoms with Crippen LogP contribution in [0.4, 0.5) is 0 Å². The van der Waals surface area contributed by atoms with E-state index >= 15 is 0 Å². The van der Waals surface area contributed by atoms with E-state index in [4.69, 9.17) is 11.6 Å². The number of hydrogen-bond acceptors (Lipinski definition) is 3. The van der Waals surface area contributed by atoms with Crippen molar-refractivity contribution >= 4 is 33.4 Å². The summed E-state index contributed by atoms with van der Waals surface area (Å²) >= 11 is 7.84. The molecule has 1 aliphatic rings. The summed E-state index contributed by atoms with van der Waals surface area (Å²) in [7, 11) is -3.44. The van der Waals surface area contributed by atoms with Gasteiger partial charge in [0.2, 0.25) is 10.0 Å². The second kappa shape index (κ2) is 7.16. The lowest BCUT2D eigenvalue weighted by Crippen LogP contribution is -2.26. The molecule has 0 bridgehead atoms. The van der Waals surface area contributed by atoms with E-state index in [1.807, 2.05) is 18.7 Å². The van der Waals surface area contributed by atoms with E-state index < -0.39 is 10.0 Å². The molecule has 0 atom stereocenters. The zero-order valence-corrected chi connectivity index (χ0v) is 14.0. The number of thioether (sulfide) groups is 1. The maximum atomic E-state index is 12.1. The van der Waals surface area contributed by atoms with Crippen LogP contribution in [0.25, 0.3) is 0 Å². The predicted molar refractivity (Wildman–Crippen MR) is 86.1 cm³/mol. The number of benzene rings is 1. The Morgan fingerprint density at radius 2 is 2.05 bits per heavy atom. The Labute approximate surface area is 130 Å². The topological polar surface area (TPSA) is 46.2 Å². The van der Waals surface area contributed by atoms with Crippen LogP contribution >= 0.6 is 23.4 Å².